The quantitative estimate of drug-likeness (QED) is 0.511. The van der Waals surface area contributed by atoms with Gasteiger partial charge in [0.15, 0.2) is 5.78 Å². The number of aromatic nitrogens is 3. The van der Waals surface area contributed by atoms with Crippen molar-refractivity contribution in [1.29, 1.82) is 0 Å². The average molecular weight is 348 g/mol. The largest absolute Gasteiger partial charge is 0.294 e. The number of hydrogen-bond donors (Lipinski definition) is 0. The summed E-state index contributed by atoms with van der Waals surface area (Å²) in [6.45, 7) is 0. The third-order valence-electron chi connectivity index (χ3n) is 4.06. The summed E-state index contributed by atoms with van der Waals surface area (Å²) in [5.74, 6) is 0.510. The number of carbonyl (C=O) groups excluding carboxylic acids is 1. The summed E-state index contributed by atoms with van der Waals surface area (Å²) < 4.78 is 1.92. The van der Waals surface area contributed by atoms with E-state index in [0.29, 0.717) is 16.5 Å². The maximum Gasteiger partial charge on any atom is 0.234 e. The van der Waals surface area contributed by atoms with E-state index in [4.69, 9.17) is 11.6 Å². The number of hydrogen-bond acceptors (Lipinski definition) is 3. The number of Topliss-reactive ketones (excluding diaryl/α,β-unsaturated/α-hetero) is 1. The standard InChI is InChI=1S/C20H14ClN3O/c21-17-8-3-2-7-16(17)19(25)13-15-12-14-6-1-4-9-18(14)24(15)20-22-10-5-11-23-20/h1-12H,13H2. The van der Waals surface area contributed by atoms with Gasteiger partial charge in [0.1, 0.15) is 0 Å². The first-order chi connectivity index (χ1) is 12.2. The van der Waals surface area contributed by atoms with Gasteiger partial charge < -0.3 is 0 Å². The van der Waals surface area contributed by atoms with Gasteiger partial charge in [0.25, 0.3) is 0 Å². The highest BCUT2D eigenvalue weighted by molar-refractivity contribution is 6.34. The summed E-state index contributed by atoms with van der Waals surface area (Å²) in [6.07, 6.45) is 3.60. The Kier molecular flexibility index (Phi) is 4.04. The lowest BCUT2D eigenvalue weighted by atomic mass is 10.1. The molecule has 0 aliphatic heterocycles. The number of ketones is 1. The van der Waals surface area contributed by atoms with Crippen molar-refractivity contribution in [3.63, 3.8) is 0 Å². The molecular weight excluding hydrogens is 334 g/mol. The number of halogens is 1. The second-order valence-corrected chi connectivity index (χ2v) is 6.07. The van der Waals surface area contributed by atoms with E-state index in [9.17, 15) is 4.79 Å². The van der Waals surface area contributed by atoms with Gasteiger partial charge in [-0.2, -0.15) is 0 Å². The molecule has 0 amide bonds. The second-order valence-electron chi connectivity index (χ2n) is 5.66. The Morgan fingerprint density at radius 3 is 2.48 bits per heavy atom. The highest BCUT2D eigenvalue weighted by Crippen LogP contribution is 2.25. The van der Waals surface area contributed by atoms with Crippen LogP contribution in [0.15, 0.2) is 73.1 Å². The Bertz CT molecular complexity index is 1060. The monoisotopic (exact) mass is 347 g/mol. The Labute approximate surface area is 149 Å². The molecular formula is C20H14ClN3O. The van der Waals surface area contributed by atoms with Crippen molar-refractivity contribution in [2.45, 2.75) is 6.42 Å². The van der Waals surface area contributed by atoms with Crippen molar-refractivity contribution in [2.75, 3.05) is 0 Å². The lowest BCUT2D eigenvalue weighted by molar-refractivity contribution is 0.0991. The lowest BCUT2D eigenvalue weighted by Crippen LogP contribution is -2.10. The van der Waals surface area contributed by atoms with Gasteiger partial charge in [-0.25, -0.2) is 9.97 Å². The normalized spacial score (nSPS) is 10.9. The molecule has 0 saturated carbocycles. The summed E-state index contributed by atoms with van der Waals surface area (Å²) in [6, 6.07) is 18.8. The predicted octanol–water partition coefficient (Wildman–Crippen LogP) is 4.50. The van der Waals surface area contributed by atoms with Gasteiger partial charge in [0, 0.05) is 29.0 Å². The molecule has 2 aromatic heterocycles. The van der Waals surface area contributed by atoms with Crippen LogP contribution in [0.25, 0.3) is 16.9 Å². The topological polar surface area (TPSA) is 47.8 Å². The summed E-state index contributed by atoms with van der Waals surface area (Å²) in [5.41, 5.74) is 2.32. The molecule has 122 valence electrons. The summed E-state index contributed by atoms with van der Waals surface area (Å²) in [7, 11) is 0. The summed E-state index contributed by atoms with van der Waals surface area (Å²) >= 11 is 6.17. The molecule has 2 aromatic carbocycles. The van der Waals surface area contributed by atoms with Crippen LogP contribution in [0.1, 0.15) is 16.1 Å². The van der Waals surface area contributed by atoms with Gasteiger partial charge >= 0.3 is 0 Å². The van der Waals surface area contributed by atoms with Gasteiger partial charge in [0.05, 0.1) is 17.0 Å². The van der Waals surface area contributed by atoms with Crippen LogP contribution >= 0.6 is 11.6 Å². The van der Waals surface area contributed by atoms with Crippen molar-refractivity contribution in [3.8, 4) is 5.95 Å². The van der Waals surface area contributed by atoms with Crippen molar-refractivity contribution in [3.05, 3.63) is 89.3 Å². The molecule has 5 heteroatoms. The molecule has 0 saturated heterocycles. The van der Waals surface area contributed by atoms with E-state index in [0.717, 1.165) is 16.6 Å². The Hall–Kier alpha value is -2.98. The van der Waals surface area contributed by atoms with E-state index in [1.807, 2.05) is 47.0 Å². The van der Waals surface area contributed by atoms with E-state index in [-0.39, 0.29) is 12.2 Å². The summed E-state index contributed by atoms with van der Waals surface area (Å²) in [5, 5.41) is 1.50. The first-order valence-corrected chi connectivity index (χ1v) is 8.26. The molecule has 0 radical (unpaired) electrons. The minimum Gasteiger partial charge on any atom is -0.294 e. The Morgan fingerprint density at radius 1 is 0.960 bits per heavy atom. The molecule has 4 aromatic rings. The van der Waals surface area contributed by atoms with Gasteiger partial charge in [-0.05, 0) is 30.3 Å². The van der Waals surface area contributed by atoms with Crippen molar-refractivity contribution in [2.24, 2.45) is 0 Å². The number of fused-ring (bicyclic) bond motifs is 1. The molecule has 0 N–H and O–H groups in total. The number of nitrogens with zero attached hydrogens (tertiary/aromatic N) is 3. The van der Waals surface area contributed by atoms with E-state index in [1.54, 1.807) is 30.6 Å². The zero-order valence-corrected chi connectivity index (χ0v) is 14.0. The molecule has 0 bridgehead atoms. The maximum atomic E-state index is 12.8. The van der Waals surface area contributed by atoms with Crippen molar-refractivity contribution < 1.29 is 4.79 Å². The fourth-order valence-corrected chi connectivity index (χ4v) is 3.17. The highest BCUT2D eigenvalue weighted by atomic mass is 35.5. The molecule has 25 heavy (non-hydrogen) atoms. The van der Waals surface area contributed by atoms with Crippen molar-refractivity contribution >= 4 is 28.3 Å². The predicted molar refractivity (Wildman–Crippen MR) is 98.4 cm³/mol. The van der Waals surface area contributed by atoms with E-state index in [2.05, 4.69) is 9.97 Å². The number of rotatable bonds is 4. The number of benzene rings is 2. The first kappa shape index (κ1) is 15.5. The van der Waals surface area contributed by atoms with Crippen LogP contribution in [-0.2, 0) is 6.42 Å². The molecule has 4 nitrogen and oxygen atoms in total. The lowest BCUT2D eigenvalue weighted by Gasteiger charge is -2.09. The van der Waals surface area contributed by atoms with Gasteiger partial charge in [0.2, 0.25) is 5.95 Å². The van der Waals surface area contributed by atoms with E-state index < -0.39 is 0 Å². The van der Waals surface area contributed by atoms with Crippen LogP contribution in [0.4, 0.5) is 0 Å². The zero-order valence-electron chi connectivity index (χ0n) is 13.3. The van der Waals surface area contributed by atoms with E-state index in [1.165, 1.54) is 0 Å². The molecule has 0 aliphatic carbocycles. The Morgan fingerprint density at radius 2 is 1.68 bits per heavy atom. The second kappa shape index (κ2) is 6.49. The molecule has 0 fully saturated rings. The van der Waals surface area contributed by atoms with E-state index >= 15 is 0 Å². The fraction of sp³-hybridized carbons (Fsp3) is 0.0500. The first-order valence-electron chi connectivity index (χ1n) is 7.88. The summed E-state index contributed by atoms with van der Waals surface area (Å²) in [4.78, 5) is 21.4. The number of carbonyl (C=O) groups is 1. The number of para-hydroxylation sites is 1. The molecule has 0 unspecified atom stereocenters. The average Bonchev–Trinajstić information content (AvgIpc) is 3.00. The SMILES string of the molecule is O=C(Cc1cc2ccccc2n1-c1ncccn1)c1ccccc1Cl. The smallest absolute Gasteiger partial charge is 0.234 e. The molecule has 0 atom stereocenters. The fourth-order valence-electron chi connectivity index (χ4n) is 2.93. The van der Waals surface area contributed by atoms with Crippen LogP contribution < -0.4 is 0 Å². The van der Waals surface area contributed by atoms with Gasteiger partial charge in [-0.15, -0.1) is 0 Å². The third-order valence-corrected chi connectivity index (χ3v) is 4.38. The minimum atomic E-state index is -0.0365. The Balaban J connectivity index is 1.82. The third kappa shape index (κ3) is 2.92. The van der Waals surface area contributed by atoms with Gasteiger partial charge in [-0.1, -0.05) is 41.9 Å². The minimum absolute atomic E-state index is 0.0365. The highest BCUT2D eigenvalue weighted by Gasteiger charge is 2.17. The van der Waals surface area contributed by atoms with Crippen LogP contribution in [0.2, 0.25) is 5.02 Å². The van der Waals surface area contributed by atoms with Crippen LogP contribution in [0, 0.1) is 0 Å². The molecule has 4 rings (SSSR count). The molecule has 2 heterocycles. The van der Waals surface area contributed by atoms with Crippen LogP contribution in [0.3, 0.4) is 0 Å². The van der Waals surface area contributed by atoms with Crippen LogP contribution in [-0.4, -0.2) is 20.3 Å². The zero-order chi connectivity index (χ0) is 17.2. The van der Waals surface area contributed by atoms with Crippen LogP contribution in [0.5, 0.6) is 0 Å². The maximum absolute atomic E-state index is 12.8. The van der Waals surface area contributed by atoms with Gasteiger partial charge in [-0.3, -0.25) is 9.36 Å². The van der Waals surface area contributed by atoms with Crippen molar-refractivity contribution in [1.82, 2.24) is 14.5 Å². The molecule has 0 aliphatic rings. The molecule has 0 spiro atoms.